The molecule has 2 rings (SSSR count). The van der Waals surface area contributed by atoms with Crippen LogP contribution in [0.1, 0.15) is 23.6 Å². The van der Waals surface area contributed by atoms with Crippen molar-refractivity contribution in [3.63, 3.8) is 0 Å². The molecule has 0 aliphatic heterocycles. The lowest BCUT2D eigenvalue weighted by Gasteiger charge is -2.21. The van der Waals surface area contributed by atoms with E-state index in [1.807, 2.05) is 19.2 Å². The lowest BCUT2D eigenvalue weighted by molar-refractivity contribution is 0.304. The first-order valence-corrected chi connectivity index (χ1v) is 8.97. The molecule has 1 aromatic carbocycles. The quantitative estimate of drug-likeness (QED) is 0.723. The smallest absolute Gasteiger partial charge is 0.0701 e. The average Bonchev–Trinajstić information content (AvgIpc) is 2.86. The van der Waals surface area contributed by atoms with E-state index in [2.05, 4.69) is 56.8 Å². The monoisotopic (exact) mass is 386 g/mol. The van der Waals surface area contributed by atoms with Crippen LogP contribution in [0.25, 0.3) is 0 Å². The zero-order valence-electron chi connectivity index (χ0n) is 12.3. The second-order valence-electron chi connectivity index (χ2n) is 5.18. The summed E-state index contributed by atoms with van der Waals surface area (Å²) in [6, 6.07) is 10.6. The summed E-state index contributed by atoms with van der Waals surface area (Å²) in [4.78, 5) is 2.36. The lowest BCUT2D eigenvalue weighted by Crippen LogP contribution is -2.25. The number of halogens is 2. The van der Waals surface area contributed by atoms with Crippen molar-refractivity contribution >= 4 is 38.9 Å². The van der Waals surface area contributed by atoms with Gasteiger partial charge < -0.3 is 10.2 Å². The minimum atomic E-state index is 0.360. The number of nitrogens with one attached hydrogen (secondary N) is 1. The fourth-order valence-electron chi connectivity index (χ4n) is 2.34. The maximum absolute atomic E-state index is 5.95. The maximum Gasteiger partial charge on any atom is 0.0701 e. The molecule has 0 amide bonds. The van der Waals surface area contributed by atoms with Crippen LogP contribution in [0.15, 0.2) is 39.5 Å². The average molecular weight is 388 g/mol. The van der Waals surface area contributed by atoms with Gasteiger partial charge in [-0.3, -0.25) is 0 Å². The molecule has 0 aliphatic carbocycles. The van der Waals surface area contributed by atoms with Gasteiger partial charge in [0.05, 0.1) is 3.79 Å². The van der Waals surface area contributed by atoms with E-state index in [0.717, 1.165) is 24.5 Å². The van der Waals surface area contributed by atoms with Gasteiger partial charge in [0.1, 0.15) is 0 Å². The van der Waals surface area contributed by atoms with Crippen LogP contribution >= 0.6 is 38.9 Å². The normalized spacial score (nSPS) is 12.8. The second-order valence-corrected chi connectivity index (χ2v) is 7.91. The molecular weight excluding hydrogens is 368 g/mol. The number of hydrogen-bond acceptors (Lipinski definition) is 3. The van der Waals surface area contributed by atoms with Gasteiger partial charge in [-0.25, -0.2) is 0 Å². The molecule has 1 N–H and O–H groups in total. The summed E-state index contributed by atoms with van der Waals surface area (Å²) < 4.78 is 1.19. The Kier molecular flexibility index (Phi) is 6.71. The van der Waals surface area contributed by atoms with Crippen LogP contribution in [-0.2, 0) is 6.54 Å². The molecule has 0 fully saturated rings. The molecule has 0 radical (unpaired) electrons. The molecule has 2 aromatic rings. The minimum Gasteiger partial charge on any atom is -0.313 e. The lowest BCUT2D eigenvalue weighted by atomic mass is 10.0. The van der Waals surface area contributed by atoms with Gasteiger partial charge in [-0.1, -0.05) is 23.7 Å². The fourth-order valence-corrected chi connectivity index (χ4v) is 3.67. The van der Waals surface area contributed by atoms with Crippen molar-refractivity contribution < 1.29 is 0 Å². The molecule has 2 nitrogen and oxygen atoms in total. The first kappa shape index (κ1) is 17.0. The van der Waals surface area contributed by atoms with Gasteiger partial charge in [0.2, 0.25) is 0 Å². The largest absolute Gasteiger partial charge is 0.313 e. The Bertz CT molecular complexity index is 556. The van der Waals surface area contributed by atoms with Crippen molar-refractivity contribution in [3.05, 3.63) is 55.6 Å². The molecule has 0 spiro atoms. The molecule has 0 bridgehead atoms. The summed E-state index contributed by atoms with van der Waals surface area (Å²) >= 11 is 11.2. The van der Waals surface area contributed by atoms with Crippen molar-refractivity contribution in [3.8, 4) is 0 Å². The molecule has 21 heavy (non-hydrogen) atoms. The predicted molar refractivity (Wildman–Crippen MR) is 96.2 cm³/mol. The van der Waals surface area contributed by atoms with Crippen LogP contribution < -0.4 is 5.32 Å². The molecular formula is C16H20BrClN2S. The summed E-state index contributed by atoms with van der Waals surface area (Å²) in [5.74, 6) is 0. The molecule has 1 unspecified atom stereocenters. The third-order valence-corrected chi connectivity index (χ3v) is 5.30. The van der Waals surface area contributed by atoms with E-state index < -0.39 is 0 Å². The number of rotatable bonds is 7. The van der Waals surface area contributed by atoms with Gasteiger partial charge in [0.25, 0.3) is 0 Å². The summed E-state index contributed by atoms with van der Waals surface area (Å²) in [5, 5.41) is 6.38. The Morgan fingerprint density at radius 2 is 2.05 bits per heavy atom. The van der Waals surface area contributed by atoms with Crippen molar-refractivity contribution in [2.75, 3.05) is 20.6 Å². The molecule has 5 heteroatoms. The standard InChI is InChI=1S/C16H20BrClN2S/c1-19-15(13-3-5-14(18)6-4-13)7-8-20(2)10-12-9-16(17)21-11-12/h3-6,9,11,15,19H,7-8,10H2,1-2H3. The fraction of sp³-hybridized carbons (Fsp3) is 0.375. The summed E-state index contributed by atoms with van der Waals surface area (Å²) in [6.45, 7) is 2.03. The Labute approximate surface area is 144 Å². The minimum absolute atomic E-state index is 0.360. The Morgan fingerprint density at radius 1 is 1.33 bits per heavy atom. The van der Waals surface area contributed by atoms with Crippen molar-refractivity contribution in [1.82, 2.24) is 10.2 Å². The zero-order valence-corrected chi connectivity index (χ0v) is 15.4. The molecule has 0 aliphatic rings. The van der Waals surface area contributed by atoms with E-state index in [1.165, 1.54) is 14.9 Å². The molecule has 1 aromatic heterocycles. The third kappa shape index (κ3) is 5.38. The van der Waals surface area contributed by atoms with Gasteiger partial charge in [0, 0.05) is 17.6 Å². The number of benzene rings is 1. The van der Waals surface area contributed by atoms with E-state index in [-0.39, 0.29) is 0 Å². The number of hydrogen-bond donors (Lipinski definition) is 1. The van der Waals surface area contributed by atoms with Gasteiger partial charge in [-0.05, 0) is 77.7 Å². The van der Waals surface area contributed by atoms with Gasteiger partial charge in [-0.15, -0.1) is 11.3 Å². The van der Waals surface area contributed by atoms with Crippen LogP contribution in [0.4, 0.5) is 0 Å². The Balaban J connectivity index is 1.86. The van der Waals surface area contributed by atoms with E-state index >= 15 is 0 Å². The van der Waals surface area contributed by atoms with Crippen molar-refractivity contribution in [2.45, 2.75) is 19.0 Å². The van der Waals surface area contributed by atoms with Crippen LogP contribution in [0.2, 0.25) is 5.02 Å². The maximum atomic E-state index is 5.95. The van der Waals surface area contributed by atoms with Crippen molar-refractivity contribution in [2.24, 2.45) is 0 Å². The Hall–Kier alpha value is -0.390. The van der Waals surface area contributed by atoms with Crippen LogP contribution in [0, 0.1) is 0 Å². The van der Waals surface area contributed by atoms with E-state index in [1.54, 1.807) is 11.3 Å². The van der Waals surface area contributed by atoms with E-state index in [0.29, 0.717) is 6.04 Å². The van der Waals surface area contributed by atoms with Gasteiger partial charge in [0.15, 0.2) is 0 Å². The summed E-state index contributed by atoms with van der Waals surface area (Å²) in [5.41, 5.74) is 2.65. The highest BCUT2D eigenvalue weighted by Crippen LogP contribution is 2.22. The topological polar surface area (TPSA) is 15.3 Å². The highest BCUT2D eigenvalue weighted by molar-refractivity contribution is 9.11. The third-order valence-electron chi connectivity index (χ3n) is 3.49. The molecule has 114 valence electrons. The molecule has 0 saturated carbocycles. The second kappa shape index (κ2) is 8.30. The highest BCUT2D eigenvalue weighted by Gasteiger charge is 2.11. The number of thiophene rings is 1. The van der Waals surface area contributed by atoms with E-state index in [9.17, 15) is 0 Å². The Morgan fingerprint density at radius 3 is 2.62 bits per heavy atom. The van der Waals surface area contributed by atoms with Crippen LogP contribution in [0.5, 0.6) is 0 Å². The zero-order chi connectivity index (χ0) is 15.2. The predicted octanol–water partition coefficient (Wildman–Crippen LogP) is 4.95. The molecule has 1 atom stereocenters. The van der Waals surface area contributed by atoms with E-state index in [4.69, 9.17) is 11.6 Å². The highest BCUT2D eigenvalue weighted by atomic mass is 79.9. The number of nitrogens with zero attached hydrogens (tertiary/aromatic N) is 1. The summed E-state index contributed by atoms with van der Waals surface area (Å²) in [7, 11) is 4.18. The first-order chi connectivity index (χ1) is 10.1. The summed E-state index contributed by atoms with van der Waals surface area (Å²) in [6.07, 6.45) is 1.07. The van der Waals surface area contributed by atoms with Gasteiger partial charge >= 0.3 is 0 Å². The van der Waals surface area contributed by atoms with Crippen molar-refractivity contribution in [1.29, 1.82) is 0 Å². The van der Waals surface area contributed by atoms with Crippen LogP contribution in [-0.4, -0.2) is 25.5 Å². The first-order valence-electron chi connectivity index (χ1n) is 6.92. The molecule has 1 heterocycles. The van der Waals surface area contributed by atoms with Crippen LogP contribution in [0.3, 0.4) is 0 Å². The van der Waals surface area contributed by atoms with Gasteiger partial charge in [-0.2, -0.15) is 0 Å². The molecule has 0 saturated heterocycles. The SMILES string of the molecule is CNC(CCN(C)Cc1csc(Br)c1)c1ccc(Cl)cc1.